The molecular weight excluding hydrogens is 319 g/mol. The summed E-state index contributed by atoms with van der Waals surface area (Å²) in [5.41, 5.74) is 1.03. The second-order valence-electron chi connectivity index (χ2n) is 7.34. The van der Waals surface area contributed by atoms with Gasteiger partial charge in [-0.3, -0.25) is 9.69 Å². The van der Waals surface area contributed by atoms with Crippen molar-refractivity contribution in [3.05, 3.63) is 30.1 Å². The predicted molar refractivity (Wildman–Crippen MR) is 98.3 cm³/mol. The van der Waals surface area contributed by atoms with Crippen LogP contribution >= 0.6 is 0 Å². The molecule has 0 aliphatic carbocycles. The lowest BCUT2D eigenvalue weighted by atomic mass is 10.2. The molecular formula is C19H29FN4O. The average Bonchev–Trinajstić information content (AvgIpc) is 2.91. The first-order chi connectivity index (χ1) is 12.0. The molecule has 0 N–H and O–H groups in total. The Balaban J connectivity index is 1.51. The van der Waals surface area contributed by atoms with Crippen LogP contribution in [0.2, 0.25) is 0 Å². The minimum Gasteiger partial charge on any atom is -0.370 e. The van der Waals surface area contributed by atoms with E-state index >= 15 is 0 Å². The minimum atomic E-state index is -0.211. The number of likely N-dealkylation sites (N-methyl/N-ethyl adjacent to an activating group) is 1. The molecule has 1 aromatic carbocycles. The third-order valence-corrected chi connectivity index (χ3v) is 5.38. The molecule has 0 aromatic heterocycles. The number of anilines is 1. The highest BCUT2D eigenvalue weighted by atomic mass is 19.1. The van der Waals surface area contributed by atoms with Gasteiger partial charge in [0.05, 0.1) is 6.54 Å². The van der Waals surface area contributed by atoms with Crippen LogP contribution in [0.15, 0.2) is 24.3 Å². The summed E-state index contributed by atoms with van der Waals surface area (Å²) in [6, 6.07) is 7.19. The molecule has 5 nitrogen and oxygen atoms in total. The molecule has 2 saturated heterocycles. The number of hydrogen-bond acceptors (Lipinski definition) is 4. The molecule has 0 saturated carbocycles. The zero-order valence-electron chi connectivity index (χ0n) is 15.3. The fraction of sp³-hybridized carbons (Fsp3) is 0.632. The van der Waals surface area contributed by atoms with Crippen molar-refractivity contribution >= 4 is 11.6 Å². The van der Waals surface area contributed by atoms with Crippen LogP contribution in [0.3, 0.4) is 0 Å². The van der Waals surface area contributed by atoms with Crippen molar-refractivity contribution < 1.29 is 9.18 Å². The smallest absolute Gasteiger partial charge is 0.236 e. The molecule has 0 radical (unpaired) electrons. The van der Waals surface area contributed by atoms with Crippen molar-refractivity contribution in [2.75, 3.05) is 64.8 Å². The van der Waals surface area contributed by atoms with Crippen molar-refractivity contribution in [3.8, 4) is 0 Å². The molecule has 2 aliphatic rings. The zero-order valence-corrected chi connectivity index (χ0v) is 15.3. The monoisotopic (exact) mass is 348 g/mol. The number of hydrogen-bond donors (Lipinski definition) is 0. The van der Waals surface area contributed by atoms with E-state index in [1.54, 1.807) is 0 Å². The van der Waals surface area contributed by atoms with E-state index in [-0.39, 0.29) is 11.7 Å². The lowest BCUT2D eigenvalue weighted by molar-refractivity contribution is -0.132. The van der Waals surface area contributed by atoms with Crippen LogP contribution in [0, 0.1) is 5.82 Å². The quantitative estimate of drug-likeness (QED) is 0.825. The summed E-state index contributed by atoms with van der Waals surface area (Å²) < 4.78 is 13.1. The van der Waals surface area contributed by atoms with Gasteiger partial charge in [0.25, 0.3) is 0 Å². The lowest BCUT2D eigenvalue weighted by Gasteiger charge is -2.25. The van der Waals surface area contributed by atoms with Gasteiger partial charge in [0.1, 0.15) is 5.82 Å². The van der Waals surface area contributed by atoms with Gasteiger partial charge >= 0.3 is 0 Å². The highest BCUT2D eigenvalue weighted by molar-refractivity contribution is 5.78. The SMILES string of the molecule is CN(C)C1CCN(CC(=O)N2CCCN(c3ccc(F)cc3)CC2)C1. The third kappa shape index (κ3) is 4.70. The topological polar surface area (TPSA) is 30.0 Å². The van der Waals surface area contributed by atoms with Crippen LogP contribution in [0.1, 0.15) is 12.8 Å². The maximum absolute atomic E-state index is 13.1. The molecule has 2 fully saturated rings. The second kappa shape index (κ2) is 8.15. The second-order valence-corrected chi connectivity index (χ2v) is 7.34. The van der Waals surface area contributed by atoms with E-state index in [0.29, 0.717) is 12.6 Å². The number of carbonyl (C=O) groups is 1. The maximum Gasteiger partial charge on any atom is 0.236 e. The van der Waals surface area contributed by atoms with E-state index in [0.717, 1.165) is 57.8 Å². The first-order valence-corrected chi connectivity index (χ1v) is 9.20. The van der Waals surface area contributed by atoms with Crippen LogP contribution in [0.5, 0.6) is 0 Å². The van der Waals surface area contributed by atoms with Gasteiger partial charge in [-0.2, -0.15) is 0 Å². The molecule has 0 spiro atoms. The zero-order chi connectivity index (χ0) is 17.8. The van der Waals surface area contributed by atoms with E-state index in [4.69, 9.17) is 0 Å². The van der Waals surface area contributed by atoms with Gasteiger partial charge in [0.15, 0.2) is 0 Å². The molecule has 1 unspecified atom stereocenters. The number of nitrogens with zero attached hydrogens (tertiary/aromatic N) is 4. The minimum absolute atomic E-state index is 0.211. The fourth-order valence-electron chi connectivity index (χ4n) is 3.75. The van der Waals surface area contributed by atoms with E-state index < -0.39 is 0 Å². The third-order valence-electron chi connectivity index (χ3n) is 5.38. The summed E-state index contributed by atoms with van der Waals surface area (Å²) in [5.74, 6) is 0.0254. The molecule has 1 aromatic rings. The summed E-state index contributed by atoms with van der Waals surface area (Å²) in [5, 5.41) is 0. The summed E-state index contributed by atoms with van der Waals surface area (Å²) in [4.78, 5) is 21.4. The van der Waals surface area contributed by atoms with Crippen LogP contribution < -0.4 is 4.90 Å². The summed E-state index contributed by atoms with van der Waals surface area (Å²) >= 11 is 0. The Morgan fingerprint density at radius 1 is 1.12 bits per heavy atom. The van der Waals surface area contributed by atoms with Crippen molar-refractivity contribution in [1.82, 2.24) is 14.7 Å². The molecule has 138 valence electrons. The largest absolute Gasteiger partial charge is 0.370 e. The van der Waals surface area contributed by atoms with Gasteiger partial charge < -0.3 is 14.7 Å². The average molecular weight is 348 g/mol. The Kier molecular flexibility index (Phi) is 5.91. The van der Waals surface area contributed by atoms with Gasteiger partial charge in [-0.15, -0.1) is 0 Å². The van der Waals surface area contributed by atoms with Gasteiger partial charge in [0, 0.05) is 51.0 Å². The first kappa shape index (κ1) is 18.1. The van der Waals surface area contributed by atoms with Gasteiger partial charge in [-0.1, -0.05) is 0 Å². The number of halogens is 1. The Bertz CT molecular complexity index is 577. The van der Waals surface area contributed by atoms with Gasteiger partial charge in [-0.05, 0) is 51.2 Å². The molecule has 0 bridgehead atoms. The molecule has 2 heterocycles. The van der Waals surface area contributed by atoms with Gasteiger partial charge in [0.2, 0.25) is 5.91 Å². The predicted octanol–water partition coefficient (Wildman–Crippen LogP) is 1.50. The van der Waals surface area contributed by atoms with Gasteiger partial charge in [-0.25, -0.2) is 4.39 Å². The molecule has 25 heavy (non-hydrogen) atoms. The lowest BCUT2D eigenvalue weighted by Crippen LogP contribution is -2.42. The number of carbonyl (C=O) groups excluding carboxylic acids is 1. The van der Waals surface area contributed by atoms with Crippen molar-refractivity contribution in [1.29, 1.82) is 0 Å². The Labute approximate surface area is 150 Å². The normalized spacial score (nSPS) is 22.5. The summed E-state index contributed by atoms with van der Waals surface area (Å²) in [6.45, 7) is 5.77. The Hall–Kier alpha value is -1.66. The van der Waals surface area contributed by atoms with Crippen LogP contribution in [0.4, 0.5) is 10.1 Å². The van der Waals surface area contributed by atoms with E-state index in [1.165, 1.54) is 12.1 Å². The van der Waals surface area contributed by atoms with E-state index in [1.807, 2.05) is 17.0 Å². The summed E-state index contributed by atoms with van der Waals surface area (Å²) in [6.07, 6.45) is 2.09. The molecule has 3 rings (SSSR count). The van der Waals surface area contributed by atoms with E-state index in [2.05, 4.69) is 28.8 Å². The van der Waals surface area contributed by atoms with Crippen LogP contribution in [-0.2, 0) is 4.79 Å². The Morgan fingerprint density at radius 2 is 1.88 bits per heavy atom. The van der Waals surface area contributed by atoms with Crippen LogP contribution in [-0.4, -0.2) is 86.6 Å². The summed E-state index contributed by atoms with van der Waals surface area (Å²) in [7, 11) is 4.21. The highest BCUT2D eigenvalue weighted by Gasteiger charge is 2.27. The number of likely N-dealkylation sites (tertiary alicyclic amines) is 1. The number of benzene rings is 1. The molecule has 6 heteroatoms. The fourth-order valence-corrected chi connectivity index (χ4v) is 3.75. The molecule has 1 amide bonds. The number of amides is 1. The first-order valence-electron chi connectivity index (χ1n) is 9.20. The van der Waals surface area contributed by atoms with E-state index in [9.17, 15) is 9.18 Å². The van der Waals surface area contributed by atoms with Crippen LogP contribution in [0.25, 0.3) is 0 Å². The van der Waals surface area contributed by atoms with Crippen molar-refractivity contribution in [2.24, 2.45) is 0 Å². The Morgan fingerprint density at radius 3 is 2.56 bits per heavy atom. The maximum atomic E-state index is 13.1. The van der Waals surface area contributed by atoms with Crippen molar-refractivity contribution in [2.45, 2.75) is 18.9 Å². The standard InChI is InChI=1S/C19H29FN4O/c1-21(2)18-8-11-22(14-18)15-19(25)24-10-3-9-23(12-13-24)17-6-4-16(20)5-7-17/h4-7,18H,3,8-15H2,1-2H3. The number of rotatable bonds is 4. The molecule has 1 atom stereocenters. The highest BCUT2D eigenvalue weighted by Crippen LogP contribution is 2.18. The molecule has 2 aliphatic heterocycles. The van der Waals surface area contributed by atoms with Crippen molar-refractivity contribution in [3.63, 3.8) is 0 Å².